The van der Waals surface area contributed by atoms with E-state index >= 15 is 0 Å². The predicted octanol–water partition coefficient (Wildman–Crippen LogP) is 12.1. The molecule has 0 aromatic carbocycles. The Labute approximate surface area is 401 Å². The van der Waals surface area contributed by atoms with Gasteiger partial charge in [0.2, 0.25) is 0 Å². The summed E-state index contributed by atoms with van der Waals surface area (Å²) >= 11 is 0. The van der Waals surface area contributed by atoms with Crippen LogP contribution in [-0.2, 0) is 52.5 Å². The van der Waals surface area contributed by atoms with Gasteiger partial charge in [0.05, 0.1) is 33.0 Å². The van der Waals surface area contributed by atoms with Gasteiger partial charge in [-0.25, -0.2) is 4.79 Å². The Morgan fingerprint density at radius 3 is 1.02 bits per heavy atom. The topological polar surface area (TPSA) is 156 Å². The molecule has 0 aliphatic rings. The maximum absolute atomic E-state index is 12.8. The van der Waals surface area contributed by atoms with Crippen LogP contribution in [0.25, 0.3) is 0 Å². The molecular weight excluding hydrogens is 837 g/mol. The zero-order valence-electron chi connectivity index (χ0n) is 41.5. The highest BCUT2D eigenvalue weighted by atomic mass is 16.5. The standard InChI is InChI=1S/C28H44O7.C16H34O.C10H10O3.CH4/c1-4-19-33-21-13-7-10-16-24(29)28(25(30)17-11-8-14-22-34-20-5-2)26(31)18-12-9-15-23-35-27(32)6-3;1-7-15(8-2,9-3)13-17-14-16(10-4,11-5)12-6;1-4-7(11)10(8(12)5-2)9(13)6-3;/h4-6,28H,1-3,7-23H2;7-14H2,1-6H3;4-6,10H,1-3H2;1H4. The van der Waals surface area contributed by atoms with Crippen molar-refractivity contribution in [1.82, 2.24) is 0 Å². The molecule has 0 saturated heterocycles. The number of esters is 1. The van der Waals surface area contributed by atoms with E-state index in [2.05, 4.69) is 81.0 Å². The zero-order valence-corrected chi connectivity index (χ0v) is 41.5. The maximum Gasteiger partial charge on any atom is 0.330 e. The van der Waals surface area contributed by atoms with Crippen molar-refractivity contribution in [1.29, 1.82) is 0 Å². The maximum atomic E-state index is 12.8. The molecule has 0 amide bonds. The van der Waals surface area contributed by atoms with Crippen LogP contribution in [0.3, 0.4) is 0 Å². The molecule has 0 unspecified atom stereocenters. The highest BCUT2D eigenvalue weighted by Gasteiger charge is 2.32. The average molecular weight is 929 g/mol. The van der Waals surface area contributed by atoms with Gasteiger partial charge >= 0.3 is 5.97 Å². The van der Waals surface area contributed by atoms with Crippen LogP contribution in [0.4, 0.5) is 0 Å². The zero-order chi connectivity index (χ0) is 49.9. The monoisotopic (exact) mass is 929 g/mol. The minimum absolute atomic E-state index is 0. The van der Waals surface area contributed by atoms with Crippen LogP contribution < -0.4 is 0 Å². The van der Waals surface area contributed by atoms with Gasteiger partial charge in [0.1, 0.15) is 11.8 Å². The normalized spacial score (nSPS) is 10.8. The number of ketones is 6. The molecule has 0 atom stereocenters. The molecule has 11 nitrogen and oxygen atoms in total. The SMILES string of the molecule is C.C=CC(=O)C(C(=O)C=C)C(=O)C=C.C=CCOCCCCCC(=O)C(C(=O)CCCCCOCC=C)C(=O)CCCCCOC(=O)C=C.CCC(CC)(CC)COCC(CC)(CC)CC. The van der Waals surface area contributed by atoms with Crippen LogP contribution in [0.2, 0.25) is 0 Å². The van der Waals surface area contributed by atoms with Crippen LogP contribution in [0.1, 0.15) is 165 Å². The van der Waals surface area contributed by atoms with E-state index in [0.717, 1.165) is 63.2 Å². The lowest BCUT2D eigenvalue weighted by Gasteiger charge is -2.34. The van der Waals surface area contributed by atoms with E-state index in [0.29, 0.717) is 69.4 Å². The van der Waals surface area contributed by atoms with Crippen molar-refractivity contribution in [3.63, 3.8) is 0 Å². The molecule has 378 valence electrons. The fraction of sp³-hybridized carbons (Fsp3) is 0.655. The van der Waals surface area contributed by atoms with Gasteiger partial charge in [-0.2, -0.15) is 0 Å². The fourth-order valence-electron chi connectivity index (χ4n) is 6.85. The van der Waals surface area contributed by atoms with Gasteiger partial charge in [-0.05, 0) is 113 Å². The lowest BCUT2D eigenvalue weighted by Crippen LogP contribution is -2.32. The summed E-state index contributed by atoms with van der Waals surface area (Å²) in [6.07, 6.45) is 21.6. The highest BCUT2D eigenvalue weighted by molar-refractivity contribution is 6.27. The molecule has 0 bridgehead atoms. The second-order valence-electron chi connectivity index (χ2n) is 16.2. The summed E-state index contributed by atoms with van der Waals surface area (Å²) in [6, 6.07) is 0. The summed E-state index contributed by atoms with van der Waals surface area (Å²) in [5.41, 5.74) is 0.835. The van der Waals surface area contributed by atoms with E-state index in [1.54, 1.807) is 12.2 Å². The minimum Gasteiger partial charge on any atom is -0.463 e. The van der Waals surface area contributed by atoms with Crippen molar-refractivity contribution in [2.45, 2.75) is 165 Å². The summed E-state index contributed by atoms with van der Waals surface area (Å²) in [5, 5.41) is 0. The van der Waals surface area contributed by atoms with Crippen molar-refractivity contribution in [3.05, 3.63) is 75.9 Å². The minimum atomic E-state index is -1.34. The first-order valence-corrected chi connectivity index (χ1v) is 23.9. The molecule has 0 aromatic heterocycles. The first-order valence-electron chi connectivity index (χ1n) is 23.9. The number of hydrogen-bond acceptors (Lipinski definition) is 11. The third-order valence-corrected chi connectivity index (χ3v) is 12.1. The first-order chi connectivity index (χ1) is 31.1. The number of hydrogen-bond donors (Lipinski definition) is 0. The lowest BCUT2D eigenvalue weighted by atomic mass is 9.79. The summed E-state index contributed by atoms with van der Waals surface area (Å²) in [5.74, 6) is -5.72. The molecule has 0 aliphatic heterocycles. The Morgan fingerprint density at radius 2 is 0.742 bits per heavy atom. The lowest BCUT2D eigenvalue weighted by molar-refractivity contribution is -0.141. The smallest absolute Gasteiger partial charge is 0.330 e. The molecular formula is C55H92O11. The van der Waals surface area contributed by atoms with Gasteiger partial charge in [-0.1, -0.05) is 100 Å². The van der Waals surface area contributed by atoms with E-state index in [1.807, 2.05) is 0 Å². The number of allylic oxidation sites excluding steroid dienone is 3. The van der Waals surface area contributed by atoms with Crippen LogP contribution in [0.15, 0.2) is 75.9 Å². The van der Waals surface area contributed by atoms with Crippen molar-refractivity contribution < 1.29 is 52.5 Å². The molecule has 0 aromatic rings. The van der Waals surface area contributed by atoms with Crippen LogP contribution in [0.5, 0.6) is 0 Å². The molecule has 0 aliphatic carbocycles. The van der Waals surface area contributed by atoms with Crippen molar-refractivity contribution in [3.8, 4) is 0 Å². The molecule has 66 heavy (non-hydrogen) atoms. The van der Waals surface area contributed by atoms with Gasteiger partial charge < -0.3 is 18.9 Å². The van der Waals surface area contributed by atoms with Crippen LogP contribution in [-0.4, -0.2) is 86.9 Å². The second kappa shape index (κ2) is 44.6. The summed E-state index contributed by atoms with van der Waals surface area (Å²) in [7, 11) is 0. The Morgan fingerprint density at radius 1 is 0.424 bits per heavy atom. The number of carbonyl (C=O) groups excluding carboxylic acids is 7. The number of carbonyl (C=O) groups is 7. The quantitative estimate of drug-likeness (QED) is 0.0189. The van der Waals surface area contributed by atoms with Crippen LogP contribution in [0, 0.1) is 22.7 Å². The summed E-state index contributed by atoms with van der Waals surface area (Å²) < 4.78 is 21.7. The molecule has 0 spiro atoms. The fourth-order valence-corrected chi connectivity index (χ4v) is 6.85. The largest absolute Gasteiger partial charge is 0.463 e. The van der Waals surface area contributed by atoms with Gasteiger partial charge in [-0.3, -0.25) is 28.8 Å². The van der Waals surface area contributed by atoms with Crippen molar-refractivity contribution in [2.75, 3.05) is 46.2 Å². The molecule has 0 rings (SSSR count). The van der Waals surface area contributed by atoms with Crippen LogP contribution >= 0.6 is 0 Å². The molecule has 11 heteroatoms. The Balaban J connectivity index is -0.000000511. The number of ether oxygens (including phenoxy) is 4. The Bertz CT molecular complexity index is 1320. The third kappa shape index (κ3) is 31.7. The van der Waals surface area contributed by atoms with Gasteiger partial charge in [0.15, 0.2) is 34.7 Å². The number of rotatable bonds is 42. The van der Waals surface area contributed by atoms with Gasteiger partial charge in [0.25, 0.3) is 0 Å². The third-order valence-electron chi connectivity index (χ3n) is 12.1. The Kier molecular flexibility index (Phi) is 46.3. The average Bonchev–Trinajstić information content (AvgIpc) is 3.32. The van der Waals surface area contributed by atoms with E-state index in [1.165, 1.54) is 38.5 Å². The summed E-state index contributed by atoms with van der Waals surface area (Å²) in [6.45, 7) is 38.2. The molecule has 0 fully saturated rings. The predicted molar refractivity (Wildman–Crippen MR) is 270 cm³/mol. The van der Waals surface area contributed by atoms with Gasteiger partial charge in [0, 0.05) is 38.6 Å². The van der Waals surface area contributed by atoms with E-state index in [-0.39, 0.29) is 50.6 Å². The van der Waals surface area contributed by atoms with E-state index in [4.69, 9.17) is 18.9 Å². The number of Topliss-reactive ketones (excluding diaryl/α,β-unsaturated/α-hetero) is 3. The van der Waals surface area contributed by atoms with Crippen molar-refractivity contribution in [2.24, 2.45) is 22.7 Å². The number of unbranched alkanes of at least 4 members (excludes halogenated alkanes) is 6. The van der Waals surface area contributed by atoms with Gasteiger partial charge in [-0.15, -0.1) is 13.2 Å². The van der Waals surface area contributed by atoms with E-state index < -0.39 is 35.2 Å². The van der Waals surface area contributed by atoms with E-state index in [9.17, 15) is 33.6 Å². The second-order valence-corrected chi connectivity index (χ2v) is 16.2. The molecule has 0 N–H and O–H groups in total. The summed E-state index contributed by atoms with van der Waals surface area (Å²) in [4.78, 5) is 82.7. The van der Waals surface area contributed by atoms with Crippen molar-refractivity contribution >= 4 is 40.7 Å². The first kappa shape index (κ1) is 68.4. The molecule has 0 heterocycles. The Hall–Kier alpha value is -4.19. The molecule has 0 radical (unpaired) electrons. The highest BCUT2D eigenvalue weighted by Crippen LogP contribution is 2.34. The molecule has 0 saturated carbocycles.